The van der Waals surface area contributed by atoms with Gasteiger partial charge in [-0.3, -0.25) is 29.9 Å². The fraction of sp³-hybridized carbons (Fsp3) is 0.202. The lowest BCUT2D eigenvalue weighted by Gasteiger charge is -2.27. The van der Waals surface area contributed by atoms with Gasteiger partial charge in [-0.2, -0.15) is 40.3 Å². The number of nitrogens with one attached hydrogen (secondary N) is 8. The fourth-order valence-electron chi connectivity index (χ4n) is 14.8. The minimum absolute atomic E-state index is 0.195. The quantitative estimate of drug-likeness (QED) is 0.0128. The molecule has 0 bridgehead atoms. The molecule has 41 nitrogen and oxygen atoms in total. The van der Waals surface area contributed by atoms with E-state index in [2.05, 4.69) is 168 Å². The molecular formula is C99H95F4N37O4. The maximum absolute atomic E-state index is 14.2. The van der Waals surface area contributed by atoms with Crippen LogP contribution in [0.1, 0.15) is 45.2 Å². The van der Waals surface area contributed by atoms with Crippen molar-refractivity contribution in [3.63, 3.8) is 0 Å². The van der Waals surface area contributed by atoms with E-state index in [4.69, 9.17) is 18.9 Å². The number of aromatic nitrogens is 21. The van der Waals surface area contributed by atoms with Crippen molar-refractivity contribution in [2.75, 3.05) is 168 Å². The molecule has 4 aliphatic rings. The number of hydrogen-bond donors (Lipinski definition) is 8. The highest BCUT2D eigenvalue weighted by Gasteiger charge is 2.24. The van der Waals surface area contributed by atoms with Crippen LogP contribution in [0.15, 0.2) is 259 Å². The van der Waals surface area contributed by atoms with Crippen molar-refractivity contribution < 1.29 is 36.5 Å². The molecule has 4 aliphatic heterocycles. The predicted molar refractivity (Wildman–Crippen MR) is 542 cm³/mol. The van der Waals surface area contributed by atoms with E-state index in [0.717, 1.165) is 126 Å². The van der Waals surface area contributed by atoms with Crippen LogP contribution in [0.2, 0.25) is 0 Å². The van der Waals surface area contributed by atoms with Crippen LogP contribution in [0.3, 0.4) is 0 Å². The summed E-state index contributed by atoms with van der Waals surface area (Å²) in [5.74, 6) is 1.09. The zero-order chi connectivity index (χ0) is 99.0. The number of hydrogen-bond acceptors (Lipinski definition) is 41. The van der Waals surface area contributed by atoms with Crippen molar-refractivity contribution in [1.82, 2.24) is 105 Å². The predicted octanol–water partition coefficient (Wildman–Crippen LogP) is 14.6. The van der Waals surface area contributed by atoms with Crippen LogP contribution < -0.4 is 62.6 Å². The number of ether oxygens (including phenoxy) is 4. The molecule has 0 amide bonds. The molecule has 12 aromatic heterocycles. The molecule has 0 atom stereocenters. The van der Waals surface area contributed by atoms with Gasteiger partial charge in [0.1, 0.15) is 19.0 Å². The van der Waals surface area contributed by atoms with Crippen molar-refractivity contribution in [2.45, 2.75) is 27.7 Å². The molecule has 144 heavy (non-hydrogen) atoms. The van der Waals surface area contributed by atoms with Crippen LogP contribution in [-0.4, -0.2) is 235 Å². The highest BCUT2D eigenvalue weighted by Crippen LogP contribution is 2.32. The Morgan fingerprint density at radius 2 is 0.618 bits per heavy atom. The third-order valence-corrected chi connectivity index (χ3v) is 21.7. The Bertz CT molecular complexity index is 6660. The van der Waals surface area contributed by atoms with E-state index in [9.17, 15) is 17.6 Å². The number of hydrazone groups is 4. The van der Waals surface area contributed by atoms with Gasteiger partial charge in [0.2, 0.25) is 23.8 Å². The van der Waals surface area contributed by atoms with E-state index in [0.29, 0.717) is 140 Å². The number of nitrogens with zero attached hydrogens (tertiary/aromatic N) is 29. The van der Waals surface area contributed by atoms with Crippen molar-refractivity contribution in [1.29, 1.82) is 0 Å². The first-order chi connectivity index (χ1) is 70.6. The molecular weight excluding hydrogens is 1850 g/mol. The maximum atomic E-state index is 14.2. The fourth-order valence-corrected chi connectivity index (χ4v) is 14.8. The average Bonchev–Trinajstić information content (AvgIpc) is 0.879. The van der Waals surface area contributed by atoms with Gasteiger partial charge in [-0.1, -0.05) is 24.3 Å². The number of rotatable bonds is 28. The number of anilines is 16. The zero-order valence-corrected chi connectivity index (χ0v) is 78.3. The molecule has 4 saturated heterocycles. The standard InChI is InChI=1S/3C25H24FN9O.C24H23FN10O/c1-17-11-18(23-27-5-2-6-28-23)13-21(12-17)32-20-4-3-19(29-14-20)15-31-34-25-30-16-22(26)24(33-25)35-7-9-36-10-8-35;1-17-12-27-16-30-23(17)18-3-2-4-19(11-18)32-21-6-5-20(28-13-21)14-31-34-25-29-15-22(26)24(33-25)35-7-9-36-10-8-35;1-17-23(28-8-7-27-17)18-3-2-4-19(13-18)32-21-6-5-20(29-14-21)15-31-34-25-30-16-22(26)24(33-25)35-9-11-36-12-10-35;1-16-8-17(22-29-14-26-15-30-22)10-20(9-16)32-19-3-2-18(27-11-19)12-31-34-24-28-13-21(25)23(33-24)35-4-6-36-7-5-35/h2-6,11-16,32H,7-10H2,1H3,(H,30,33,34);2-6,11-16,32H,7-10H2,1H3,(H,29,33,34);2-8,13-16,32H,9-12H2,1H3,(H,30,33,34);2-3,8-15,32H,4-7H2,1H3,(H,28,33,34)/b31-15+;31-14+;31-15+;31-12+. The van der Waals surface area contributed by atoms with Gasteiger partial charge < -0.3 is 59.8 Å². The second-order valence-electron chi connectivity index (χ2n) is 32.1. The molecule has 0 spiro atoms. The molecule has 45 heteroatoms. The largest absolute Gasteiger partial charge is 0.378 e. The summed E-state index contributed by atoms with van der Waals surface area (Å²) in [5, 5.41) is 29.9. The van der Waals surface area contributed by atoms with Crippen LogP contribution in [0.5, 0.6) is 0 Å². The lowest BCUT2D eigenvalue weighted by molar-refractivity contribution is 0.122. The van der Waals surface area contributed by atoms with Gasteiger partial charge in [0.15, 0.2) is 58.2 Å². The van der Waals surface area contributed by atoms with E-state index < -0.39 is 23.3 Å². The third kappa shape index (κ3) is 27.7. The lowest BCUT2D eigenvalue weighted by atomic mass is 10.1. The Morgan fingerprint density at radius 3 is 0.965 bits per heavy atom. The van der Waals surface area contributed by atoms with Crippen LogP contribution in [0, 0.1) is 51.0 Å². The molecule has 728 valence electrons. The number of pyridine rings is 4. The SMILES string of the molecule is Cc1cc(Nc2ccc(/C=N/Nc3ncc(F)c(N4CCOCC4)n3)nc2)cc(-c2ncccn2)c1.Cc1cc(Nc2ccc(/C=N/Nc3ncc(F)c(N4CCOCC4)n3)nc2)cc(-c2ncncn2)c1.Cc1cncnc1-c1cccc(Nc2ccc(/C=N/Nc3ncc(F)c(N4CCOCC4)n3)nc2)c1.Cc1nccnc1-c1cccc(Nc2ccc(/C=N/Nc3ncc(F)c(N4CCOCC4)n3)nc2)c1. The van der Waals surface area contributed by atoms with E-state index in [1.54, 1.807) is 86.8 Å². The molecule has 0 aliphatic carbocycles. The zero-order valence-electron chi connectivity index (χ0n) is 78.3. The van der Waals surface area contributed by atoms with Gasteiger partial charge in [0.25, 0.3) is 0 Å². The van der Waals surface area contributed by atoms with Gasteiger partial charge in [0, 0.05) is 128 Å². The highest BCUT2D eigenvalue weighted by molar-refractivity contribution is 5.82. The first-order valence-electron chi connectivity index (χ1n) is 45.5. The highest BCUT2D eigenvalue weighted by atomic mass is 19.1. The first-order valence-corrected chi connectivity index (χ1v) is 45.5. The maximum Gasteiger partial charge on any atom is 0.245 e. The lowest BCUT2D eigenvalue weighted by Crippen LogP contribution is -2.37. The Balaban J connectivity index is 0.000000132. The van der Waals surface area contributed by atoms with E-state index in [1.807, 2.05) is 181 Å². The average molecular weight is 1940 g/mol. The van der Waals surface area contributed by atoms with Crippen molar-refractivity contribution in [2.24, 2.45) is 20.4 Å². The summed E-state index contributed by atoms with van der Waals surface area (Å²) in [7, 11) is 0. The minimum atomic E-state index is -0.481. The topological polar surface area (TPSA) is 466 Å². The summed E-state index contributed by atoms with van der Waals surface area (Å²) in [4.78, 5) is 95.9. The Morgan fingerprint density at radius 1 is 0.285 bits per heavy atom. The number of aryl methyl sites for hydroxylation is 4. The van der Waals surface area contributed by atoms with Gasteiger partial charge >= 0.3 is 0 Å². The second kappa shape index (κ2) is 48.9. The van der Waals surface area contributed by atoms with Crippen molar-refractivity contribution in [3.8, 4) is 45.3 Å². The molecule has 16 heterocycles. The molecule has 0 unspecified atom stereocenters. The molecule has 16 aromatic rings. The van der Waals surface area contributed by atoms with E-state index >= 15 is 0 Å². The molecule has 20 rings (SSSR count). The smallest absolute Gasteiger partial charge is 0.245 e. The first kappa shape index (κ1) is 97.5. The summed E-state index contributed by atoms with van der Waals surface area (Å²) in [6.45, 7) is 16.8. The molecule has 4 aromatic carbocycles. The number of morpholine rings is 4. The summed E-state index contributed by atoms with van der Waals surface area (Å²) < 4.78 is 77.9. The normalized spacial score (nSPS) is 13.7. The van der Waals surface area contributed by atoms with Gasteiger partial charge in [-0.25, -0.2) is 94.1 Å². The summed E-state index contributed by atoms with van der Waals surface area (Å²) in [5.41, 5.74) is 30.0. The molecule has 8 N–H and O–H groups in total. The van der Waals surface area contributed by atoms with Crippen LogP contribution in [-0.2, 0) is 18.9 Å². The summed E-state index contributed by atoms with van der Waals surface area (Å²) >= 11 is 0. The minimum Gasteiger partial charge on any atom is -0.378 e. The van der Waals surface area contributed by atoms with Crippen molar-refractivity contribution >= 4 is 117 Å². The summed E-state index contributed by atoms with van der Waals surface area (Å²) in [6.07, 6.45) is 30.7. The number of benzene rings is 4. The monoisotopic (exact) mass is 1940 g/mol. The van der Waals surface area contributed by atoms with Crippen molar-refractivity contribution in [3.05, 3.63) is 307 Å². The van der Waals surface area contributed by atoms with Gasteiger partial charge in [0.05, 0.1) is 190 Å². The second-order valence-corrected chi connectivity index (χ2v) is 32.1. The Hall–Kier alpha value is -18.1. The Kier molecular flexibility index (Phi) is 33.2. The van der Waals surface area contributed by atoms with Crippen LogP contribution >= 0.6 is 0 Å². The summed E-state index contributed by atoms with van der Waals surface area (Å²) in [6, 6.07) is 44.7. The van der Waals surface area contributed by atoms with Gasteiger partial charge in [-0.15, -0.1) is 0 Å². The van der Waals surface area contributed by atoms with Gasteiger partial charge in [-0.05, 0) is 160 Å². The number of halogens is 4. The van der Waals surface area contributed by atoms with Crippen LogP contribution in [0.4, 0.5) is 110 Å². The molecule has 0 saturated carbocycles. The molecule has 0 radical (unpaired) electrons. The third-order valence-electron chi connectivity index (χ3n) is 21.7. The molecule has 4 fully saturated rings. The van der Waals surface area contributed by atoms with E-state index in [-0.39, 0.29) is 47.1 Å². The Labute approximate surface area is 823 Å². The van der Waals surface area contributed by atoms with Crippen LogP contribution in [0.25, 0.3) is 45.3 Å². The van der Waals surface area contributed by atoms with E-state index in [1.165, 1.54) is 18.9 Å².